The number of hydrogen-bond donors (Lipinski definition) is 1. The van der Waals surface area contributed by atoms with Crippen LogP contribution in [0.1, 0.15) is 26.7 Å². The molecule has 1 atom stereocenters. The molecule has 4 heteroatoms. The minimum atomic E-state index is -3.01. The highest BCUT2D eigenvalue weighted by Crippen LogP contribution is 2.40. The maximum atomic E-state index is 10.8. The van der Waals surface area contributed by atoms with Crippen molar-refractivity contribution in [3.05, 3.63) is 0 Å². The quantitative estimate of drug-likeness (QED) is 0.675. The van der Waals surface area contributed by atoms with Crippen LogP contribution >= 0.6 is 0 Å². The molecule has 0 heterocycles. The first-order valence-corrected chi connectivity index (χ1v) is 5.68. The van der Waals surface area contributed by atoms with Gasteiger partial charge in [-0.1, -0.05) is 13.8 Å². The van der Waals surface area contributed by atoms with Crippen LogP contribution < -0.4 is 4.72 Å². The number of hydrogen-bond acceptors (Lipinski definition) is 2. The Hall–Kier alpha value is -0.0900. The van der Waals surface area contributed by atoms with E-state index in [1.165, 1.54) is 6.26 Å². The van der Waals surface area contributed by atoms with Crippen LogP contribution in [-0.2, 0) is 10.0 Å². The molecule has 11 heavy (non-hydrogen) atoms. The molecule has 1 aliphatic carbocycles. The Balaban J connectivity index is 2.53. The van der Waals surface area contributed by atoms with E-state index in [-0.39, 0.29) is 11.5 Å². The molecule has 1 aliphatic rings. The zero-order chi connectivity index (χ0) is 8.70. The largest absolute Gasteiger partial charge is 0.213 e. The molecular formula is C7H15NO2S. The summed E-state index contributed by atoms with van der Waals surface area (Å²) in [4.78, 5) is 0. The van der Waals surface area contributed by atoms with E-state index < -0.39 is 10.0 Å². The highest BCUT2D eigenvalue weighted by molar-refractivity contribution is 7.88. The van der Waals surface area contributed by atoms with Crippen molar-refractivity contribution in [2.24, 2.45) is 5.41 Å². The van der Waals surface area contributed by atoms with Crippen molar-refractivity contribution < 1.29 is 8.42 Å². The van der Waals surface area contributed by atoms with Crippen molar-refractivity contribution in [3.8, 4) is 0 Å². The van der Waals surface area contributed by atoms with Gasteiger partial charge in [-0.05, 0) is 18.3 Å². The van der Waals surface area contributed by atoms with Gasteiger partial charge >= 0.3 is 0 Å². The van der Waals surface area contributed by atoms with Gasteiger partial charge in [0.15, 0.2) is 0 Å². The molecule has 3 nitrogen and oxygen atoms in total. The molecule has 0 radical (unpaired) electrons. The second-order valence-electron chi connectivity index (χ2n) is 3.97. The first kappa shape index (κ1) is 9.00. The van der Waals surface area contributed by atoms with Crippen LogP contribution in [0.3, 0.4) is 0 Å². The van der Waals surface area contributed by atoms with Crippen LogP contribution in [0.25, 0.3) is 0 Å². The van der Waals surface area contributed by atoms with Crippen LogP contribution in [0, 0.1) is 5.41 Å². The average molecular weight is 177 g/mol. The zero-order valence-electron chi connectivity index (χ0n) is 7.22. The normalized spacial score (nSPS) is 29.5. The van der Waals surface area contributed by atoms with Crippen LogP contribution in [0.2, 0.25) is 0 Å². The minimum Gasteiger partial charge on any atom is -0.213 e. The molecule has 0 aliphatic heterocycles. The van der Waals surface area contributed by atoms with Gasteiger partial charge in [-0.2, -0.15) is 0 Å². The summed E-state index contributed by atoms with van der Waals surface area (Å²) in [6, 6.07) is 0.150. The highest BCUT2D eigenvalue weighted by atomic mass is 32.2. The van der Waals surface area contributed by atoms with Gasteiger partial charge in [0.2, 0.25) is 10.0 Å². The molecule has 0 aromatic rings. The van der Waals surface area contributed by atoms with E-state index in [0.717, 1.165) is 12.8 Å². The Bertz CT molecular complexity index is 243. The van der Waals surface area contributed by atoms with Crippen LogP contribution in [0.15, 0.2) is 0 Å². The first-order chi connectivity index (χ1) is 4.81. The predicted octanol–water partition coefficient (Wildman–Crippen LogP) is 0.724. The summed E-state index contributed by atoms with van der Waals surface area (Å²) in [6.45, 7) is 4.17. The fraction of sp³-hybridized carbons (Fsp3) is 1.00. The summed E-state index contributed by atoms with van der Waals surface area (Å²) >= 11 is 0. The van der Waals surface area contributed by atoms with Crippen molar-refractivity contribution >= 4 is 10.0 Å². The number of rotatable bonds is 2. The predicted molar refractivity (Wildman–Crippen MR) is 44.8 cm³/mol. The molecule has 0 amide bonds. The van der Waals surface area contributed by atoms with Crippen LogP contribution in [0.4, 0.5) is 0 Å². The van der Waals surface area contributed by atoms with Gasteiger partial charge < -0.3 is 0 Å². The molecule has 0 aromatic heterocycles. The molecule has 0 saturated heterocycles. The molecule has 1 rings (SSSR count). The Morgan fingerprint density at radius 1 is 1.45 bits per heavy atom. The zero-order valence-corrected chi connectivity index (χ0v) is 8.03. The summed E-state index contributed by atoms with van der Waals surface area (Å²) in [5, 5.41) is 0. The maximum absolute atomic E-state index is 10.8. The minimum absolute atomic E-state index is 0.150. The molecule has 1 unspecified atom stereocenters. The van der Waals surface area contributed by atoms with Gasteiger partial charge in [-0.15, -0.1) is 0 Å². The maximum Gasteiger partial charge on any atom is 0.208 e. The summed E-state index contributed by atoms with van der Waals surface area (Å²) in [6.07, 6.45) is 3.29. The van der Waals surface area contributed by atoms with E-state index >= 15 is 0 Å². The molecule has 1 saturated carbocycles. The van der Waals surface area contributed by atoms with E-state index in [4.69, 9.17) is 0 Å². The third-order valence-electron chi connectivity index (χ3n) is 2.38. The fourth-order valence-electron chi connectivity index (χ4n) is 1.34. The molecular weight excluding hydrogens is 162 g/mol. The van der Waals surface area contributed by atoms with E-state index in [2.05, 4.69) is 18.6 Å². The van der Waals surface area contributed by atoms with Crippen molar-refractivity contribution in [1.82, 2.24) is 4.72 Å². The summed E-state index contributed by atoms with van der Waals surface area (Å²) in [5.74, 6) is 0. The fourth-order valence-corrected chi connectivity index (χ4v) is 2.30. The Morgan fingerprint density at radius 3 is 2.09 bits per heavy atom. The van der Waals surface area contributed by atoms with Crippen LogP contribution in [0.5, 0.6) is 0 Å². The lowest BCUT2D eigenvalue weighted by Crippen LogP contribution is -2.51. The lowest BCUT2D eigenvalue weighted by Gasteiger charge is -2.44. The second kappa shape index (κ2) is 2.45. The summed E-state index contributed by atoms with van der Waals surface area (Å²) in [7, 11) is -3.01. The number of nitrogens with one attached hydrogen (secondary N) is 1. The topological polar surface area (TPSA) is 46.2 Å². The van der Waals surface area contributed by atoms with Gasteiger partial charge in [0.25, 0.3) is 0 Å². The highest BCUT2D eigenvalue weighted by Gasteiger charge is 2.39. The molecule has 66 valence electrons. The summed E-state index contributed by atoms with van der Waals surface area (Å²) in [5.41, 5.74) is 0.156. The van der Waals surface area contributed by atoms with Gasteiger partial charge in [-0.3, -0.25) is 0 Å². The third kappa shape index (κ3) is 2.17. The van der Waals surface area contributed by atoms with E-state index in [1.807, 2.05) is 0 Å². The van der Waals surface area contributed by atoms with Crippen molar-refractivity contribution in [1.29, 1.82) is 0 Å². The SMILES string of the molecule is CC1(C)CCC1NS(C)(=O)=O. The standard InChI is InChI=1S/C7H15NO2S/c1-7(2)5-4-6(7)8-11(3,9)10/h6,8H,4-5H2,1-3H3. The Kier molecular flexibility index (Phi) is 2.01. The lowest BCUT2D eigenvalue weighted by molar-refractivity contribution is 0.129. The van der Waals surface area contributed by atoms with E-state index in [0.29, 0.717) is 0 Å². The first-order valence-electron chi connectivity index (χ1n) is 3.78. The average Bonchev–Trinajstić information content (AvgIpc) is 1.79. The smallest absolute Gasteiger partial charge is 0.208 e. The molecule has 1 fully saturated rings. The van der Waals surface area contributed by atoms with Gasteiger partial charge in [-0.25, -0.2) is 13.1 Å². The van der Waals surface area contributed by atoms with E-state index in [1.54, 1.807) is 0 Å². The van der Waals surface area contributed by atoms with E-state index in [9.17, 15) is 8.42 Å². The van der Waals surface area contributed by atoms with Gasteiger partial charge in [0.05, 0.1) is 6.26 Å². The molecule has 1 N–H and O–H groups in total. The van der Waals surface area contributed by atoms with Crippen molar-refractivity contribution in [2.75, 3.05) is 6.26 Å². The van der Waals surface area contributed by atoms with Gasteiger partial charge in [0.1, 0.15) is 0 Å². The second-order valence-corrected chi connectivity index (χ2v) is 5.75. The van der Waals surface area contributed by atoms with Crippen molar-refractivity contribution in [2.45, 2.75) is 32.7 Å². The van der Waals surface area contributed by atoms with Crippen molar-refractivity contribution in [3.63, 3.8) is 0 Å². The summed E-state index contributed by atoms with van der Waals surface area (Å²) < 4.78 is 24.2. The third-order valence-corrected chi connectivity index (χ3v) is 3.09. The van der Waals surface area contributed by atoms with Crippen LogP contribution in [-0.4, -0.2) is 20.7 Å². The molecule has 0 bridgehead atoms. The Labute approximate surface area is 68.2 Å². The lowest BCUT2D eigenvalue weighted by atomic mass is 9.68. The molecule has 0 spiro atoms. The monoisotopic (exact) mass is 177 g/mol. The molecule has 0 aromatic carbocycles. The number of sulfonamides is 1. The van der Waals surface area contributed by atoms with Gasteiger partial charge in [0, 0.05) is 6.04 Å². The Morgan fingerprint density at radius 2 is 2.00 bits per heavy atom.